The topological polar surface area (TPSA) is 74.9 Å². The number of carbonyl (C=O) groups excluding carboxylic acids is 2. The van der Waals surface area contributed by atoms with Crippen molar-refractivity contribution in [3.8, 4) is 0 Å². The highest BCUT2D eigenvalue weighted by Gasteiger charge is 2.45. The van der Waals surface area contributed by atoms with Crippen molar-refractivity contribution in [1.82, 2.24) is 9.88 Å². The molecule has 1 fully saturated rings. The number of hydrogen-bond acceptors (Lipinski definition) is 4. The molecule has 1 saturated heterocycles. The zero-order valence-corrected chi connectivity index (χ0v) is 15.6. The van der Waals surface area contributed by atoms with Gasteiger partial charge in [0, 0.05) is 30.9 Å². The summed E-state index contributed by atoms with van der Waals surface area (Å²) in [6.07, 6.45) is 3.86. The lowest BCUT2D eigenvalue weighted by atomic mass is 9.95. The number of aromatic nitrogens is 1. The van der Waals surface area contributed by atoms with Crippen molar-refractivity contribution in [3.05, 3.63) is 71.6 Å². The van der Waals surface area contributed by atoms with Crippen molar-refractivity contribution in [1.29, 1.82) is 0 Å². The summed E-state index contributed by atoms with van der Waals surface area (Å²) in [5.41, 5.74) is 1.42. The molecule has 0 saturated carbocycles. The highest BCUT2D eigenvalue weighted by Crippen LogP contribution is 2.39. The Morgan fingerprint density at radius 1 is 1.11 bits per heavy atom. The number of pyridine rings is 1. The molecule has 1 aromatic heterocycles. The molecule has 0 bridgehead atoms. The average Bonchev–Trinajstić information content (AvgIpc) is 2.93. The lowest BCUT2D eigenvalue weighted by Crippen LogP contribution is -3.05. The standard InChI is InChI=1S/C21H23N3O3/c1-23(2)13-6-14-24-18(15-7-4-3-5-8-15)17(20(26)21(24)27)19(25)16-9-11-22-12-10-16/h3-5,7-12,18,25H,6,13-14H2,1-2H3/p+1/b19-17-/t18-/m1/s1. The molecule has 1 aromatic carbocycles. The Bertz CT molecular complexity index is 847. The minimum Gasteiger partial charge on any atom is -0.507 e. The second-order valence-electron chi connectivity index (χ2n) is 6.95. The van der Waals surface area contributed by atoms with Gasteiger partial charge in [0.05, 0.1) is 32.3 Å². The fourth-order valence-electron chi connectivity index (χ4n) is 3.36. The van der Waals surface area contributed by atoms with Gasteiger partial charge in [-0.05, 0) is 17.7 Å². The van der Waals surface area contributed by atoms with Crippen LogP contribution in [0.15, 0.2) is 60.4 Å². The zero-order valence-electron chi connectivity index (χ0n) is 15.6. The molecule has 140 valence electrons. The predicted octanol–water partition coefficient (Wildman–Crippen LogP) is 1.04. The molecule has 2 N–H and O–H groups in total. The van der Waals surface area contributed by atoms with Crippen LogP contribution in [0.25, 0.3) is 5.76 Å². The van der Waals surface area contributed by atoms with Gasteiger partial charge in [0.25, 0.3) is 11.7 Å². The highest BCUT2D eigenvalue weighted by atomic mass is 16.3. The summed E-state index contributed by atoms with van der Waals surface area (Å²) in [5, 5.41) is 10.8. The number of quaternary nitrogens is 1. The van der Waals surface area contributed by atoms with E-state index in [1.165, 1.54) is 4.90 Å². The van der Waals surface area contributed by atoms with E-state index in [1.54, 1.807) is 29.4 Å². The maximum Gasteiger partial charge on any atom is 0.295 e. The summed E-state index contributed by atoms with van der Waals surface area (Å²) in [5.74, 6) is -1.37. The van der Waals surface area contributed by atoms with Crippen LogP contribution < -0.4 is 4.90 Å². The van der Waals surface area contributed by atoms with Crippen LogP contribution in [0.2, 0.25) is 0 Å². The molecule has 1 amide bonds. The third kappa shape index (κ3) is 3.90. The largest absolute Gasteiger partial charge is 0.507 e. The summed E-state index contributed by atoms with van der Waals surface area (Å²) in [6, 6.07) is 12.0. The Hall–Kier alpha value is -2.99. The number of rotatable bonds is 6. The zero-order chi connectivity index (χ0) is 19.4. The molecule has 2 heterocycles. The van der Waals surface area contributed by atoms with E-state index in [0.29, 0.717) is 12.1 Å². The number of hydrogen-bond donors (Lipinski definition) is 2. The number of aliphatic hydroxyl groups is 1. The van der Waals surface area contributed by atoms with E-state index in [4.69, 9.17) is 0 Å². The number of likely N-dealkylation sites (tertiary alicyclic amines) is 1. The van der Waals surface area contributed by atoms with Gasteiger partial charge in [-0.1, -0.05) is 30.3 Å². The van der Waals surface area contributed by atoms with E-state index in [9.17, 15) is 14.7 Å². The number of benzene rings is 1. The predicted molar refractivity (Wildman–Crippen MR) is 102 cm³/mol. The average molecular weight is 366 g/mol. The second kappa shape index (κ2) is 8.14. The van der Waals surface area contributed by atoms with Gasteiger partial charge >= 0.3 is 0 Å². The maximum absolute atomic E-state index is 12.8. The Morgan fingerprint density at radius 3 is 2.41 bits per heavy atom. The number of amides is 1. The maximum atomic E-state index is 12.8. The first kappa shape index (κ1) is 18.8. The first-order valence-corrected chi connectivity index (χ1v) is 9.03. The van der Waals surface area contributed by atoms with Crippen molar-refractivity contribution in [3.63, 3.8) is 0 Å². The van der Waals surface area contributed by atoms with Crippen LogP contribution in [-0.2, 0) is 9.59 Å². The fraction of sp³-hybridized carbons (Fsp3) is 0.286. The van der Waals surface area contributed by atoms with Crippen molar-refractivity contribution >= 4 is 17.4 Å². The molecule has 0 unspecified atom stereocenters. The quantitative estimate of drug-likeness (QED) is 0.455. The van der Waals surface area contributed by atoms with Crippen LogP contribution in [0.5, 0.6) is 0 Å². The number of nitrogens with one attached hydrogen (secondary N) is 1. The van der Waals surface area contributed by atoms with Crippen LogP contribution in [-0.4, -0.2) is 53.9 Å². The molecular formula is C21H24N3O3+. The Balaban J connectivity index is 2.05. The molecule has 27 heavy (non-hydrogen) atoms. The van der Waals surface area contributed by atoms with Gasteiger partial charge in [0.2, 0.25) is 0 Å². The molecule has 0 radical (unpaired) electrons. The third-order valence-corrected chi connectivity index (χ3v) is 4.68. The van der Waals surface area contributed by atoms with E-state index in [-0.39, 0.29) is 11.3 Å². The fourth-order valence-corrected chi connectivity index (χ4v) is 3.36. The second-order valence-corrected chi connectivity index (χ2v) is 6.95. The lowest BCUT2D eigenvalue weighted by Gasteiger charge is -2.25. The molecule has 2 aromatic rings. The van der Waals surface area contributed by atoms with Gasteiger partial charge in [0.15, 0.2) is 0 Å². The van der Waals surface area contributed by atoms with Crippen LogP contribution in [0, 0.1) is 0 Å². The normalized spacial score (nSPS) is 19.1. The Kier molecular flexibility index (Phi) is 5.66. The summed E-state index contributed by atoms with van der Waals surface area (Å²) in [4.78, 5) is 32.3. The van der Waals surface area contributed by atoms with Crippen molar-refractivity contribution < 1.29 is 19.6 Å². The van der Waals surface area contributed by atoms with Gasteiger partial charge in [-0.3, -0.25) is 14.6 Å². The van der Waals surface area contributed by atoms with Gasteiger partial charge in [-0.15, -0.1) is 0 Å². The van der Waals surface area contributed by atoms with Crippen LogP contribution >= 0.6 is 0 Å². The molecule has 6 heteroatoms. The van der Waals surface area contributed by atoms with Crippen molar-refractivity contribution in [2.75, 3.05) is 27.2 Å². The van der Waals surface area contributed by atoms with Gasteiger partial charge in [-0.25, -0.2) is 0 Å². The number of aliphatic hydroxyl groups excluding tert-OH is 1. The molecule has 1 aliphatic rings. The van der Waals surface area contributed by atoms with Crippen LogP contribution in [0.3, 0.4) is 0 Å². The van der Waals surface area contributed by atoms with Gasteiger partial charge in [-0.2, -0.15) is 0 Å². The molecule has 3 rings (SSSR count). The molecule has 0 spiro atoms. The number of ketones is 1. The van der Waals surface area contributed by atoms with E-state index < -0.39 is 17.7 Å². The molecule has 0 aliphatic carbocycles. The van der Waals surface area contributed by atoms with E-state index in [0.717, 1.165) is 18.5 Å². The Morgan fingerprint density at radius 2 is 1.78 bits per heavy atom. The molecule has 1 aliphatic heterocycles. The van der Waals surface area contributed by atoms with E-state index >= 15 is 0 Å². The minimum absolute atomic E-state index is 0.134. The summed E-state index contributed by atoms with van der Waals surface area (Å²) >= 11 is 0. The highest BCUT2D eigenvalue weighted by molar-refractivity contribution is 6.46. The summed E-state index contributed by atoms with van der Waals surface area (Å²) in [6.45, 7) is 1.34. The molecule has 1 atom stereocenters. The first-order chi connectivity index (χ1) is 13.0. The SMILES string of the molecule is C[NH+](C)CCCN1C(=O)C(=O)/C(=C(\O)c2ccncc2)[C@H]1c1ccccc1. The molecule has 6 nitrogen and oxygen atoms in total. The summed E-state index contributed by atoms with van der Waals surface area (Å²) < 4.78 is 0. The number of nitrogens with zero attached hydrogens (tertiary/aromatic N) is 2. The number of Topliss-reactive ketones (excluding diaryl/α,β-unsaturated/α-hetero) is 1. The minimum atomic E-state index is -0.643. The smallest absolute Gasteiger partial charge is 0.295 e. The molecular weight excluding hydrogens is 342 g/mol. The third-order valence-electron chi connectivity index (χ3n) is 4.68. The lowest BCUT2D eigenvalue weighted by molar-refractivity contribution is -0.858. The van der Waals surface area contributed by atoms with Gasteiger partial charge in [0.1, 0.15) is 5.76 Å². The van der Waals surface area contributed by atoms with E-state index in [2.05, 4.69) is 4.98 Å². The van der Waals surface area contributed by atoms with Crippen LogP contribution in [0.4, 0.5) is 0 Å². The van der Waals surface area contributed by atoms with Crippen molar-refractivity contribution in [2.45, 2.75) is 12.5 Å². The Labute approximate surface area is 158 Å². The summed E-state index contributed by atoms with van der Waals surface area (Å²) in [7, 11) is 4.10. The monoisotopic (exact) mass is 366 g/mol. The first-order valence-electron chi connectivity index (χ1n) is 9.03. The van der Waals surface area contributed by atoms with E-state index in [1.807, 2.05) is 44.4 Å². The number of carbonyl (C=O) groups is 2. The van der Waals surface area contributed by atoms with Crippen LogP contribution in [0.1, 0.15) is 23.6 Å². The van der Waals surface area contributed by atoms with Crippen molar-refractivity contribution in [2.24, 2.45) is 0 Å². The van der Waals surface area contributed by atoms with Gasteiger partial charge < -0.3 is 14.9 Å².